The minimum atomic E-state index is -1.02. The molecule has 0 spiro atoms. The fourth-order valence-corrected chi connectivity index (χ4v) is 3.74. The number of carbonyl (C=O) groups is 1. The summed E-state index contributed by atoms with van der Waals surface area (Å²) in [6.07, 6.45) is 4.04. The Bertz CT molecular complexity index is 1080. The highest BCUT2D eigenvalue weighted by atomic mass is 32.2. The highest BCUT2D eigenvalue weighted by Gasteiger charge is 2.08. The topological polar surface area (TPSA) is 55.8 Å². The van der Waals surface area contributed by atoms with Crippen molar-refractivity contribution in [1.82, 2.24) is 0 Å². The second kappa shape index (κ2) is 11.4. The average molecular weight is 453 g/mol. The van der Waals surface area contributed by atoms with Crippen LogP contribution in [0.15, 0.2) is 72.8 Å². The monoisotopic (exact) mass is 452 g/mol. The summed E-state index contributed by atoms with van der Waals surface area (Å²) in [6.45, 7) is 1.76. The van der Waals surface area contributed by atoms with Gasteiger partial charge in [0.25, 0.3) is 0 Å². The second-order valence-electron chi connectivity index (χ2n) is 7.18. The highest BCUT2D eigenvalue weighted by molar-refractivity contribution is 7.97. The molecular weight excluding hydrogens is 427 g/mol. The van der Waals surface area contributed by atoms with Crippen molar-refractivity contribution in [2.45, 2.75) is 12.7 Å². The lowest BCUT2D eigenvalue weighted by Crippen LogP contribution is -2.10. The standard InChI is InChI=1S/C26H25FO4S/c1-18-15-23(11-12-25(18)31-16-26(28)29)30-14-13-24(21-7-9-22(27)10-8-21)20-5-3-19(4-6-20)17-32-2/h3-13,15H,14,16-17H2,1-2H3,(H,28,29)/b24-13+. The van der Waals surface area contributed by atoms with E-state index in [0.29, 0.717) is 18.1 Å². The second-order valence-corrected chi connectivity index (χ2v) is 8.04. The van der Waals surface area contributed by atoms with Gasteiger partial charge < -0.3 is 14.6 Å². The van der Waals surface area contributed by atoms with E-state index in [9.17, 15) is 9.18 Å². The summed E-state index contributed by atoms with van der Waals surface area (Å²) in [5, 5.41) is 8.76. The summed E-state index contributed by atoms with van der Waals surface area (Å²) in [6, 6.07) is 20.0. The van der Waals surface area contributed by atoms with Crippen molar-refractivity contribution in [2.75, 3.05) is 19.5 Å². The molecule has 4 nitrogen and oxygen atoms in total. The lowest BCUT2D eigenvalue weighted by molar-refractivity contribution is -0.139. The smallest absolute Gasteiger partial charge is 0.341 e. The lowest BCUT2D eigenvalue weighted by Gasteiger charge is -2.12. The Kier molecular flexibility index (Phi) is 8.34. The zero-order valence-electron chi connectivity index (χ0n) is 18.0. The fraction of sp³-hybridized carbons (Fsp3) is 0.192. The summed E-state index contributed by atoms with van der Waals surface area (Å²) < 4.78 is 24.6. The molecule has 3 rings (SSSR count). The predicted octanol–water partition coefficient (Wildman–Crippen LogP) is 5.97. The zero-order chi connectivity index (χ0) is 22.9. The van der Waals surface area contributed by atoms with Crippen molar-refractivity contribution in [3.05, 3.63) is 101 Å². The van der Waals surface area contributed by atoms with Crippen LogP contribution in [-0.4, -0.2) is 30.5 Å². The van der Waals surface area contributed by atoms with Crippen molar-refractivity contribution in [3.8, 4) is 11.5 Å². The van der Waals surface area contributed by atoms with Gasteiger partial charge in [-0.1, -0.05) is 36.4 Å². The van der Waals surface area contributed by atoms with Gasteiger partial charge in [0.15, 0.2) is 6.61 Å². The molecule has 3 aromatic rings. The number of aryl methyl sites for hydroxylation is 1. The van der Waals surface area contributed by atoms with Gasteiger partial charge in [-0.2, -0.15) is 11.8 Å². The van der Waals surface area contributed by atoms with Crippen LogP contribution < -0.4 is 9.47 Å². The summed E-state index contributed by atoms with van der Waals surface area (Å²) >= 11 is 1.77. The molecule has 6 heteroatoms. The molecule has 0 saturated heterocycles. The summed E-state index contributed by atoms with van der Waals surface area (Å²) in [5.41, 5.74) is 4.92. The number of thioether (sulfide) groups is 1. The molecule has 32 heavy (non-hydrogen) atoms. The van der Waals surface area contributed by atoms with Crippen LogP contribution in [0.1, 0.15) is 22.3 Å². The minimum absolute atomic E-state index is 0.277. The molecule has 0 radical (unpaired) electrons. The van der Waals surface area contributed by atoms with Gasteiger partial charge in [-0.15, -0.1) is 0 Å². The Morgan fingerprint density at radius 1 is 1.00 bits per heavy atom. The molecule has 0 fully saturated rings. The maximum atomic E-state index is 13.4. The van der Waals surface area contributed by atoms with Gasteiger partial charge in [0.2, 0.25) is 0 Å². The van der Waals surface area contributed by atoms with E-state index in [1.165, 1.54) is 17.7 Å². The highest BCUT2D eigenvalue weighted by Crippen LogP contribution is 2.26. The minimum Gasteiger partial charge on any atom is -0.489 e. The first kappa shape index (κ1) is 23.4. The van der Waals surface area contributed by atoms with Crippen molar-refractivity contribution < 1.29 is 23.8 Å². The molecule has 3 aromatic carbocycles. The Balaban J connectivity index is 1.78. The van der Waals surface area contributed by atoms with Crippen LogP contribution in [0.2, 0.25) is 0 Å². The number of halogens is 1. The van der Waals surface area contributed by atoms with Crippen molar-refractivity contribution >= 4 is 23.3 Å². The van der Waals surface area contributed by atoms with Crippen LogP contribution in [-0.2, 0) is 10.5 Å². The van der Waals surface area contributed by atoms with Crippen LogP contribution in [0.3, 0.4) is 0 Å². The molecule has 0 saturated carbocycles. The van der Waals surface area contributed by atoms with E-state index >= 15 is 0 Å². The molecule has 0 aromatic heterocycles. The predicted molar refractivity (Wildman–Crippen MR) is 127 cm³/mol. The summed E-state index contributed by atoms with van der Waals surface area (Å²) in [5.74, 6) is 0.803. The van der Waals surface area contributed by atoms with Gasteiger partial charge in [-0.05, 0) is 77.4 Å². The third-order valence-electron chi connectivity index (χ3n) is 4.77. The van der Waals surface area contributed by atoms with Crippen LogP contribution >= 0.6 is 11.8 Å². The number of ether oxygens (including phenoxy) is 2. The number of hydrogen-bond donors (Lipinski definition) is 1. The Morgan fingerprint density at radius 3 is 2.25 bits per heavy atom. The third-order valence-corrected chi connectivity index (χ3v) is 5.39. The van der Waals surface area contributed by atoms with E-state index in [-0.39, 0.29) is 12.4 Å². The van der Waals surface area contributed by atoms with Gasteiger partial charge >= 0.3 is 5.97 Å². The van der Waals surface area contributed by atoms with Crippen molar-refractivity contribution in [2.24, 2.45) is 0 Å². The SMILES string of the molecule is CSCc1ccc(/C(=C\COc2ccc(OCC(=O)O)c(C)c2)c2ccc(F)cc2)cc1. The van der Waals surface area contributed by atoms with Crippen molar-refractivity contribution in [1.29, 1.82) is 0 Å². The number of hydrogen-bond acceptors (Lipinski definition) is 4. The van der Waals surface area contributed by atoms with Crippen LogP contribution in [0.4, 0.5) is 4.39 Å². The molecule has 0 unspecified atom stereocenters. The van der Waals surface area contributed by atoms with Crippen molar-refractivity contribution in [3.63, 3.8) is 0 Å². The molecule has 1 N–H and O–H groups in total. The van der Waals surface area contributed by atoms with E-state index in [2.05, 4.69) is 30.5 Å². The summed E-state index contributed by atoms with van der Waals surface area (Å²) in [4.78, 5) is 10.7. The molecule has 0 aliphatic carbocycles. The van der Waals surface area contributed by atoms with Gasteiger partial charge in [-0.3, -0.25) is 0 Å². The van der Waals surface area contributed by atoms with Gasteiger partial charge in [-0.25, -0.2) is 9.18 Å². The van der Waals surface area contributed by atoms with E-state index in [4.69, 9.17) is 14.6 Å². The van der Waals surface area contributed by atoms with Gasteiger partial charge in [0.1, 0.15) is 23.9 Å². The molecule has 166 valence electrons. The van der Waals surface area contributed by atoms with Gasteiger partial charge in [0, 0.05) is 5.75 Å². The lowest BCUT2D eigenvalue weighted by atomic mass is 9.97. The quantitative estimate of drug-likeness (QED) is 0.411. The molecule has 0 amide bonds. The molecule has 0 atom stereocenters. The normalized spacial score (nSPS) is 11.3. The molecule has 0 bridgehead atoms. The fourth-order valence-electron chi connectivity index (χ4n) is 3.21. The van der Waals surface area contributed by atoms with E-state index < -0.39 is 5.97 Å². The first-order chi connectivity index (χ1) is 15.5. The maximum Gasteiger partial charge on any atom is 0.341 e. The third kappa shape index (κ3) is 6.62. The number of carboxylic acids is 1. The van der Waals surface area contributed by atoms with E-state index in [1.807, 2.05) is 13.0 Å². The van der Waals surface area contributed by atoms with Crippen LogP contribution in [0, 0.1) is 12.7 Å². The number of rotatable bonds is 10. The molecule has 0 heterocycles. The molecular formula is C26H25FO4S. The Hall–Kier alpha value is -3.25. The van der Waals surface area contributed by atoms with E-state index in [0.717, 1.165) is 28.0 Å². The maximum absolute atomic E-state index is 13.4. The van der Waals surface area contributed by atoms with Crippen LogP contribution in [0.5, 0.6) is 11.5 Å². The largest absolute Gasteiger partial charge is 0.489 e. The Labute approximate surface area is 191 Å². The first-order valence-electron chi connectivity index (χ1n) is 10.1. The zero-order valence-corrected chi connectivity index (χ0v) is 18.8. The number of carboxylic acid groups (broad SMARTS) is 1. The first-order valence-corrected chi connectivity index (χ1v) is 11.5. The molecule has 0 aliphatic heterocycles. The Morgan fingerprint density at radius 2 is 1.66 bits per heavy atom. The molecule has 0 aliphatic rings. The van der Waals surface area contributed by atoms with E-state index in [1.54, 1.807) is 42.1 Å². The average Bonchev–Trinajstić information content (AvgIpc) is 2.78. The van der Waals surface area contributed by atoms with Gasteiger partial charge in [0.05, 0.1) is 0 Å². The summed E-state index contributed by atoms with van der Waals surface area (Å²) in [7, 11) is 0. The number of aliphatic carboxylic acids is 1. The van der Waals surface area contributed by atoms with Crippen LogP contribution in [0.25, 0.3) is 5.57 Å². The number of benzene rings is 3.